The Morgan fingerprint density at radius 3 is 2.79 bits per heavy atom. The molecule has 0 radical (unpaired) electrons. The normalized spacial score (nSPS) is 20.0. The zero-order chi connectivity index (χ0) is 13.9. The van der Waals surface area contributed by atoms with Crippen LogP contribution < -0.4 is 4.74 Å². The molecular formula is C16H24BrNO. The van der Waals surface area contributed by atoms with E-state index in [4.69, 9.17) is 4.74 Å². The van der Waals surface area contributed by atoms with E-state index in [9.17, 15) is 0 Å². The highest BCUT2D eigenvalue weighted by atomic mass is 79.9. The van der Waals surface area contributed by atoms with Crippen molar-refractivity contribution in [1.82, 2.24) is 4.90 Å². The van der Waals surface area contributed by atoms with Gasteiger partial charge in [0.05, 0.1) is 7.11 Å². The quantitative estimate of drug-likeness (QED) is 0.812. The van der Waals surface area contributed by atoms with Gasteiger partial charge >= 0.3 is 0 Å². The molecule has 1 saturated heterocycles. The molecule has 0 saturated carbocycles. The van der Waals surface area contributed by atoms with Gasteiger partial charge in [-0.1, -0.05) is 29.8 Å². The topological polar surface area (TPSA) is 12.5 Å². The molecule has 1 heterocycles. The summed E-state index contributed by atoms with van der Waals surface area (Å²) in [6.45, 7) is 8.17. The molecule has 106 valence electrons. The highest BCUT2D eigenvalue weighted by Crippen LogP contribution is 2.31. The molecule has 2 nitrogen and oxygen atoms in total. The number of nitrogens with zero attached hydrogens (tertiary/aromatic N) is 1. The average molecular weight is 326 g/mol. The summed E-state index contributed by atoms with van der Waals surface area (Å²) in [5, 5.41) is 0. The van der Waals surface area contributed by atoms with Gasteiger partial charge in [0.1, 0.15) is 5.75 Å². The van der Waals surface area contributed by atoms with Crippen LogP contribution in [0.3, 0.4) is 0 Å². The summed E-state index contributed by atoms with van der Waals surface area (Å²) >= 11 is 3.65. The van der Waals surface area contributed by atoms with Crippen LogP contribution in [-0.4, -0.2) is 25.1 Å². The van der Waals surface area contributed by atoms with Gasteiger partial charge in [0.25, 0.3) is 0 Å². The molecule has 1 fully saturated rings. The summed E-state index contributed by atoms with van der Waals surface area (Å²) in [4.78, 5) is 2.56. The molecule has 1 aliphatic rings. The lowest BCUT2D eigenvalue weighted by molar-refractivity contribution is 0.255. The number of benzene rings is 1. The molecule has 0 aromatic heterocycles. The van der Waals surface area contributed by atoms with E-state index in [0.29, 0.717) is 5.41 Å². The molecule has 1 aromatic rings. The third-order valence-corrected chi connectivity index (χ3v) is 4.85. The fourth-order valence-corrected chi connectivity index (χ4v) is 3.05. The number of halogens is 1. The minimum absolute atomic E-state index is 0.500. The van der Waals surface area contributed by atoms with Crippen molar-refractivity contribution in [3.8, 4) is 5.75 Å². The molecule has 0 aliphatic carbocycles. The Morgan fingerprint density at radius 2 is 2.05 bits per heavy atom. The van der Waals surface area contributed by atoms with Gasteiger partial charge in [-0.05, 0) is 61.5 Å². The van der Waals surface area contributed by atoms with Crippen LogP contribution in [0.15, 0.2) is 22.7 Å². The first-order valence-electron chi connectivity index (χ1n) is 7.05. The maximum absolute atomic E-state index is 5.32. The number of ether oxygens (including phenoxy) is 1. The SMILES string of the molecule is COc1ccc(Br)c(CN2CCCC(C)(C)CC2)c1. The molecular weight excluding hydrogens is 302 g/mol. The molecule has 0 N–H and O–H groups in total. The first-order valence-corrected chi connectivity index (χ1v) is 7.84. The average Bonchev–Trinajstić information content (AvgIpc) is 2.54. The number of hydrogen-bond acceptors (Lipinski definition) is 2. The van der Waals surface area contributed by atoms with E-state index in [1.807, 2.05) is 6.07 Å². The van der Waals surface area contributed by atoms with Gasteiger partial charge in [0.2, 0.25) is 0 Å². The Labute approximate surface area is 125 Å². The van der Waals surface area contributed by atoms with Crippen LogP contribution in [-0.2, 0) is 6.54 Å². The third kappa shape index (κ3) is 4.22. The van der Waals surface area contributed by atoms with E-state index in [1.54, 1.807) is 7.11 Å². The summed E-state index contributed by atoms with van der Waals surface area (Å²) in [5.41, 5.74) is 1.82. The van der Waals surface area contributed by atoms with E-state index >= 15 is 0 Å². The zero-order valence-electron chi connectivity index (χ0n) is 12.2. The van der Waals surface area contributed by atoms with E-state index in [2.05, 4.69) is 46.8 Å². The van der Waals surface area contributed by atoms with E-state index in [1.165, 1.54) is 42.4 Å². The fraction of sp³-hybridized carbons (Fsp3) is 0.625. The van der Waals surface area contributed by atoms with Crippen LogP contribution in [0.5, 0.6) is 5.75 Å². The highest BCUT2D eigenvalue weighted by molar-refractivity contribution is 9.10. The monoisotopic (exact) mass is 325 g/mol. The second-order valence-corrected chi connectivity index (χ2v) is 7.11. The fourth-order valence-electron chi connectivity index (χ4n) is 2.68. The lowest BCUT2D eigenvalue weighted by atomic mass is 9.85. The van der Waals surface area contributed by atoms with Gasteiger partial charge in [-0.3, -0.25) is 4.90 Å². The van der Waals surface area contributed by atoms with Crippen molar-refractivity contribution in [2.75, 3.05) is 20.2 Å². The van der Waals surface area contributed by atoms with Crippen molar-refractivity contribution in [2.45, 2.75) is 39.7 Å². The molecule has 0 bridgehead atoms. The molecule has 0 spiro atoms. The Balaban J connectivity index is 2.04. The van der Waals surface area contributed by atoms with Gasteiger partial charge in [0, 0.05) is 11.0 Å². The minimum atomic E-state index is 0.500. The molecule has 2 rings (SSSR count). The Hall–Kier alpha value is -0.540. The van der Waals surface area contributed by atoms with Gasteiger partial charge in [-0.25, -0.2) is 0 Å². The van der Waals surface area contributed by atoms with E-state index < -0.39 is 0 Å². The van der Waals surface area contributed by atoms with Crippen LogP contribution in [0.2, 0.25) is 0 Å². The highest BCUT2D eigenvalue weighted by Gasteiger charge is 2.23. The van der Waals surface area contributed by atoms with E-state index in [0.717, 1.165) is 12.3 Å². The third-order valence-electron chi connectivity index (χ3n) is 4.08. The van der Waals surface area contributed by atoms with Gasteiger partial charge in [-0.2, -0.15) is 0 Å². The van der Waals surface area contributed by atoms with Crippen LogP contribution >= 0.6 is 15.9 Å². The first-order chi connectivity index (χ1) is 9.00. The largest absolute Gasteiger partial charge is 0.497 e. The van der Waals surface area contributed by atoms with Crippen LogP contribution in [0.4, 0.5) is 0 Å². The van der Waals surface area contributed by atoms with Crippen LogP contribution in [0.25, 0.3) is 0 Å². The first kappa shape index (κ1) is 14.9. The van der Waals surface area contributed by atoms with Gasteiger partial charge < -0.3 is 4.74 Å². The summed E-state index contributed by atoms with van der Waals surface area (Å²) in [7, 11) is 1.72. The number of hydrogen-bond donors (Lipinski definition) is 0. The van der Waals surface area contributed by atoms with Crippen molar-refractivity contribution in [3.63, 3.8) is 0 Å². The number of likely N-dealkylation sites (tertiary alicyclic amines) is 1. The van der Waals surface area contributed by atoms with Gasteiger partial charge in [-0.15, -0.1) is 0 Å². The van der Waals surface area contributed by atoms with Crippen molar-refractivity contribution in [2.24, 2.45) is 5.41 Å². The molecule has 3 heteroatoms. The zero-order valence-corrected chi connectivity index (χ0v) is 13.8. The van der Waals surface area contributed by atoms with Crippen LogP contribution in [0.1, 0.15) is 38.7 Å². The smallest absolute Gasteiger partial charge is 0.119 e. The molecule has 0 unspecified atom stereocenters. The molecule has 0 amide bonds. The summed E-state index contributed by atoms with van der Waals surface area (Å²) in [5.74, 6) is 0.938. The Kier molecular flexibility index (Phi) is 4.91. The van der Waals surface area contributed by atoms with Crippen LogP contribution in [0, 0.1) is 5.41 Å². The maximum Gasteiger partial charge on any atom is 0.119 e. The lowest BCUT2D eigenvalue weighted by Gasteiger charge is -2.23. The Bertz CT molecular complexity index is 431. The lowest BCUT2D eigenvalue weighted by Crippen LogP contribution is -2.25. The predicted octanol–water partition coefficient (Wildman–Crippen LogP) is 4.47. The van der Waals surface area contributed by atoms with Crippen molar-refractivity contribution in [3.05, 3.63) is 28.2 Å². The second-order valence-electron chi connectivity index (χ2n) is 6.25. The number of rotatable bonds is 3. The molecule has 1 aliphatic heterocycles. The maximum atomic E-state index is 5.32. The minimum Gasteiger partial charge on any atom is -0.497 e. The van der Waals surface area contributed by atoms with Gasteiger partial charge in [0.15, 0.2) is 0 Å². The molecule has 19 heavy (non-hydrogen) atoms. The molecule has 0 atom stereocenters. The molecule has 1 aromatic carbocycles. The summed E-state index contributed by atoms with van der Waals surface area (Å²) in [6, 6.07) is 6.22. The van der Waals surface area contributed by atoms with E-state index in [-0.39, 0.29) is 0 Å². The summed E-state index contributed by atoms with van der Waals surface area (Å²) in [6.07, 6.45) is 3.92. The van der Waals surface area contributed by atoms with Crippen molar-refractivity contribution in [1.29, 1.82) is 0 Å². The predicted molar refractivity (Wildman–Crippen MR) is 83.6 cm³/mol. The summed E-state index contributed by atoms with van der Waals surface area (Å²) < 4.78 is 6.50. The standard InChI is InChI=1S/C16H24BrNO/c1-16(2)7-4-9-18(10-8-16)12-13-11-14(19-3)5-6-15(13)17/h5-6,11H,4,7-10,12H2,1-3H3. The number of methoxy groups -OCH3 is 1. The second kappa shape index (κ2) is 6.27. The van der Waals surface area contributed by atoms with Crippen molar-refractivity contribution < 1.29 is 4.74 Å². The van der Waals surface area contributed by atoms with Crippen molar-refractivity contribution >= 4 is 15.9 Å². The Morgan fingerprint density at radius 1 is 1.26 bits per heavy atom.